The molecule has 204 valence electrons. The van der Waals surface area contributed by atoms with Crippen LogP contribution in [-0.2, 0) is 9.53 Å². The van der Waals surface area contributed by atoms with Crippen LogP contribution in [0.3, 0.4) is 0 Å². The molecule has 9 heteroatoms. The Balaban J connectivity index is 1.55. The molecule has 2 aliphatic heterocycles. The van der Waals surface area contributed by atoms with Gasteiger partial charge in [-0.25, -0.2) is 9.80 Å². The number of morpholine rings is 1. The van der Waals surface area contributed by atoms with E-state index in [1.165, 1.54) is 0 Å². The van der Waals surface area contributed by atoms with Crippen LogP contribution in [0.15, 0.2) is 53.6 Å². The highest BCUT2D eigenvalue weighted by Gasteiger charge is 2.34. The van der Waals surface area contributed by atoms with Gasteiger partial charge in [0, 0.05) is 38.6 Å². The number of ether oxygens (including phenoxy) is 2. The lowest BCUT2D eigenvalue weighted by Gasteiger charge is -2.31. The fourth-order valence-corrected chi connectivity index (χ4v) is 4.66. The van der Waals surface area contributed by atoms with Gasteiger partial charge in [-0.15, -0.1) is 0 Å². The molecule has 0 saturated carbocycles. The van der Waals surface area contributed by atoms with Crippen LogP contribution in [0.4, 0.5) is 4.79 Å². The molecular formula is C29H39N5O4. The number of hydrogen-bond donors (Lipinski definition) is 1. The van der Waals surface area contributed by atoms with Gasteiger partial charge in [-0.05, 0) is 56.2 Å². The Bertz CT molecular complexity index is 1110. The minimum absolute atomic E-state index is 0.0322. The normalized spacial score (nSPS) is 17.9. The summed E-state index contributed by atoms with van der Waals surface area (Å²) in [6.45, 7) is 9.98. The van der Waals surface area contributed by atoms with E-state index in [0.29, 0.717) is 32.7 Å². The number of nitrogens with one attached hydrogen (secondary N) is 1. The summed E-state index contributed by atoms with van der Waals surface area (Å²) in [6, 6.07) is 15.4. The standard InChI is InChI=1S/C29H39N5O4/c1-21(2)30-29(36)33(14-13-32-15-17-38-18-16-32)20-28(35)34-27(24-7-5-22(3)6-8-24)19-26(31-34)23-9-11-25(37-4)12-10-23/h5-12,21,27H,13-20H2,1-4H3,(H,30,36)/t27-/m1/s1. The Labute approximate surface area is 225 Å². The molecule has 1 atom stereocenters. The molecule has 38 heavy (non-hydrogen) atoms. The van der Waals surface area contributed by atoms with Crippen molar-refractivity contribution in [1.82, 2.24) is 20.1 Å². The minimum Gasteiger partial charge on any atom is -0.497 e. The number of hydrogen-bond acceptors (Lipinski definition) is 6. The number of carbonyl (C=O) groups excluding carboxylic acids is 2. The van der Waals surface area contributed by atoms with Crippen molar-refractivity contribution in [2.24, 2.45) is 5.10 Å². The summed E-state index contributed by atoms with van der Waals surface area (Å²) in [7, 11) is 1.64. The largest absolute Gasteiger partial charge is 0.497 e. The van der Waals surface area contributed by atoms with Gasteiger partial charge < -0.3 is 19.7 Å². The maximum absolute atomic E-state index is 13.8. The summed E-state index contributed by atoms with van der Waals surface area (Å²) >= 11 is 0. The van der Waals surface area contributed by atoms with Gasteiger partial charge in [0.15, 0.2) is 0 Å². The third kappa shape index (κ3) is 7.11. The van der Waals surface area contributed by atoms with Gasteiger partial charge in [-0.3, -0.25) is 9.69 Å². The molecule has 0 radical (unpaired) electrons. The molecule has 1 fully saturated rings. The number of hydrazone groups is 1. The summed E-state index contributed by atoms with van der Waals surface area (Å²) in [6.07, 6.45) is 0.590. The van der Waals surface area contributed by atoms with Crippen molar-refractivity contribution >= 4 is 17.6 Å². The molecule has 3 amide bonds. The number of aryl methyl sites for hydroxylation is 1. The highest BCUT2D eigenvalue weighted by molar-refractivity contribution is 6.03. The molecule has 2 aromatic carbocycles. The van der Waals surface area contributed by atoms with Crippen molar-refractivity contribution in [3.05, 3.63) is 65.2 Å². The van der Waals surface area contributed by atoms with E-state index in [-0.39, 0.29) is 30.6 Å². The maximum atomic E-state index is 13.8. The molecule has 2 aromatic rings. The maximum Gasteiger partial charge on any atom is 0.318 e. The number of rotatable bonds is 9. The van der Waals surface area contributed by atoms with Gasteiger partial charge >= 0.3 is 6.03 Å². The van der Waals surface area contributed by atoms with Crippen LogP contribution >= 0.6 is 0 Å². The molecule has 2 heterocycles. The van der Waals surface area contributed by atoms with Crippen molar-refractivity contribution in [3.63, 3.8) is 0 Å². The molecule has 1 saturated heterocycles. The van der Waals surface area contributed by atoms with Crippen LogP contribution in [0, 0.1) is 6.92 Å². The molecule has 0 aromatic heterocycles. The second kappa shape index (κ2) is 12.9. The molecule has 0 bridgehead atoms. The molecule has 1 N–H and O–H groups in total. The SMILES string of the molecule is COc1ccc(C2=NN(C(=O)CN(CCN3CCOCC3)C(=O)NC(C)C)[C@@H](c3ccc(C)cc3)C2)cc1. The van der Waals surface area contributed by atoms with Crippen LogP contribution in [-0.4, -0.2) is 91.5 Å². The first kappa shape index (κ1) is 27.6. The molecule has 0 spiro atoms. The predicted molar refractivity (Wildman–Crippen MR) is 147 cm³/mol. The summed E-state index contributed by atoms with van der Waals surface area (Å²) in [4.78, 5) is 30.7. The summed E-state index contributed by atoms with van der Waals surface area (Å²) in [5, 5.41) is 9.30. The molecular weight excluding hydrogens is 482 g/mol. The molecule has 4 rings (SSSR count). The van der Waals surface area contributed by atoms with Crippen LogP contribution in [0.2, 0.25) is 0 Å². The quantitative estimate of drug-likeness (QED) is 0.546. The number of benzene rings is 2. The Morgan fingerprint density at radius 3 is 2.42 bits per heavy atom. The van der Waals surface area contributed by atoms with Gasteiger partial charge in [0.1, 0.15) is 12.3 Å². The Hall–Kier alpha value is -3.43. The fraction of sp³-hybridized carbons (Fsp3) is 0.483. The van der Waals surface area contributed by atoms with E-state index in [9.17, 15) is 9.59 Å². The molecule has 9 nitrogen and oxygen atoms in total. The zero-order valence-electron chi connectivity index (χ0n) is 22.9. The second-order valence-corrected chi connectivity index (χ2v) is 10.1. The lowest BCUT2D eigenvalue weighted by atomic mass is 9.97. The predicted octanol–water partition coefficient (Wildman–Crippen LogP) is 3.43. The highest BCUT2D eigenvalue weighted by Crippen LogP contribution is 2.33. The lowest BCUT2D eigenvalue weighted by Crippen LogP contribution is -2.50. The van der Waals surface area contributed by atoms with Gasteiger partial charge in [0.25, 0.3) is 5.91 Å². The average molecular weight is 522 g/mol. The van der Waals surface area contributed by atoms with Crippen molar-refractivity contribution in [2.75, 3.05) is 53.0 Å². The van der Waals surface area contributed by atoms with Crippen molar-refractivity contribution < 1.29 is 19.1 Å². The van der Waals surface area contributed by atoms with E-state index in [1.54, 1.807) is 17.0 Å². The number of carbonyl (C=O) groups is 2. The van der Waals surface area contributed by atoms with E-state index in [2.05, 4.69) is 22.3 Å². The van der Waals surface area contributed by atoms with E-state index in [1.807, 2.05) is 57.2 Å². The number of amides is 3. The van der Waals surface area contributed by atoms with Gasteiger partial charge in [0.2, 0.25) is 0 Å². The Kier molecular flexibility index (Phi) is 9.36. The number of nitrogens with zero attached hydrogens (tertiary/aromatic N) is 4. The van der Waals surface area contributed by atoms with Gasteiger partial charge in [-0.2, -0.15) is 5.10 Å². The average Bonchev–Trinajstić information content (AvgIpc) is 3.37. The van der Waals surface area contributed by atoms with Gasteiger partial charge in [0.05, 0.1) is 32.1 Å². The van der Waals surface area contributed by atoms with Crippen molar-refractivity contribution in [3.8, 4) is 5.75 Å². The third-order valence-electron chi connectivity index (χ3n) is 6.87. The van der Waals surface area contributed by atoms with Crippen molar-refractivity contribution in [2.45, 2.75) is 39.3 Å². The molecule has 0 unspecified atom stereocenters. The second-order valence-electron chi connectivity index (χ2n) is 10.1. The van der Waals surface area contributed by atoms with Gasteiger partial charge in [-0.1, -0.05) is 29.8 Å². The van der Waals surface area contributed by atoms with E-state index >= 15 is 0 Å². The smallest absolute Gasteiger partial charge is 0.318 e. The first-order valence-corrected chi connectivity index (χ1v) is 13.3. The Morgan fingerprint density at radius 2 is 1.79 bits per heavy atom. The fourth-order valence-electron chi connectivity index (χ4n) is 4.66. The van der Waals surface area contributed by atoms with Crippen LogP contribution in [0.25, 0.3) is 0 Å². The lowest BCUT2D eigenvalue weighted by molar-refractivity contribution is -0.133. The molecule has 2 aliphatic rings. The van der Waals surface area contributed by atoms with E-state index < -0.39 is 0 Å². The zero-order chi connectivity index (χ0) is 27.1. The topological polar surface area (TPSA) is 86.7 Å². The summed E-state index contributed by atoms with van der Waals surface area (Å²) < 4.78 is 10.7. The third-order valence-corrected chi connectivity index (χ3v) is 6.87. The number of methoxy groups -OCH3 is 1. The zero-order valence-corrected chi connectivity index (χ0v) is 22.9. The monoisotopic (exact) mass is 521 g/mol. The van der Waals surface area contributed by atoms with Crippen molar-refractivity contribution in [1.29, 1.82) is 0 Å². The minimum atomic E-state index is -0.243. The molecule has 0 aliphatic carbocycles. The van der Waals surface area contributed by atoms with E-state index in [4.69, 9.17) is 14.6 Å². The van der Waals surface area contributed by atoms with Crippen LogP contribution < -0.4 is 10.1 Å². The summed E-state index contributed by atoms with van der Waals surface area (Å²) in [5.74, 6) is 0.558. The van der Waals surface area contributed by atoms with E-state index in [0.717, 1.165) is 41.2 Å². The first-order valence-electron chi connectivity index (χ1n) is 13.3. The van der Waals surface area contributed by atoms with Crippen LogP contribution in [0.1, 0.15) is 43.0 Å². The highest BCUT2D eigenvalue weighted by atomic mass is 16.5. The number of urea groups is 1. The summed E-state index contributed by atoms with van der Waals surface area (Å²) in [5.41, 5.74) is 3.95. The first-order chi connectivity index (χ1) is 18.3. The Morgan fingerprint density at radius 1 is 1.11 bits per heavy atom. The van der Waals surface area contributed by atoms with Crippen LogP contribution in [0.5, 0.6) is 5.75 Å².